The van der Waals surface area contributed by atoms with Crippen LogP contribution in [0.15, 0.2) is 0 Å². The highest BCUT2D eigenvalue weighted by molar-refractivity contribution is 6.45. The van der Waals surface area contributed by atoms with Crippen molar-refractivity contribution in [3.8, 4) is 0 Å². The van der Waals surface area contributed by atoms with Crippen molar-refractivity contribution in [1.82, 2.24) is 10.2 Å². The number of nitrogens with one attached hydrogen (secondary N) is 1. The quantitative estimate of drug-likeness (QED) is 0.146. The number of methoxy groups -OCH3 is 1. The summed E-state index contributed by atoms with van der Waals surface area (Å²) in [6.07, 6.45) is 2.99. The van der Waals surface area contributed by atoms with Crippen LogP contribution in [0.25, 0.3) is 0 Å². The summed E-state index contributed by atoms with van der Waals surface area (Å²) in [5, 5.41) is 29.1. The van der Waals surface area contributed by atoms with E-state index in [0.717, 1.165) is 6.42 Å². The zero-order valence-electron chi connectivity index (χ0n) is 27.6. The Kier molecular flexibility index (Phi) is 13.5. The SMILES string of the molecule is COC(=O)[C@@H]1C(CCCB2OC(C)(C)C(C)(C)O2)C(N)CN1C(=O)OC(C)(C)C.NC1CN[C@H](C(=O)O)C1CCCB(O)O. The van der Waals surface area contributed by atoms with E-state index in [4.69, 9.17) is 45.4 Å². The molecule has 3 saturated heterocycles. The molecule has 6 atom stereocenters. The first-order chi connectivity index (χ1) is 20.2. The second kappa shape index (κ2) is 15.6. The van der Waals surface area contributed by atoms with Crippen LogP contribution in [0.4, 0.5) is 4.79 Å². The lowest BCUT2D eigenvalue weighted by atomic mass is 9.79. The van der Waals surface area contributed by atoms with Crippen molar-refractivity contribution in [2.45, 2.75) is 128 Å². The van der Waals surface area contributed by atoms with E-state index in [0.29, 0.717) is 32.1 Å². The van der Waals surface area contributed by atoms with Gasteiger partial charge in [-0.2, -0.15) is 0 Å². The van der Waals surface area contributed by atoms with Gasteiger partial charge in [-0.25, -0.2) is 9.59 Å². The molecule has 1 amide bonds. The Labute approximate surface area is 262 Å². The van der Waals surface area contributed by atoms with Gasteiger partial charge in [-0.1, -0.05) is 12.8 Å². The molecule has 44 heavy (non-hydrogen) atoms. The molecule has 3 fully saturated rings. The molecule has 0 aliphatic carbocycles. The Morgan fingerprint density at radius 1 is 1.02 bits per heavy atom. The monoisotopic (exact) mass is 628 g/mol. The molecular weight excluding hydrogens is 574 g/mol. The highest BCUT2D eigenvalue weighted by atomic mass is 16.7. The second-order valence-electron chi connectivity index (χ2n) is 14.0. The summed E-state index contributed by atoms with van der Waals surface area (Å²) < 4.78 is 22.5. The fourth-order valence-electron chi connectivity index (χ4n) is 5.85. The number of ether oxygens (including phenoxy) is 2. The van der Waals surface area contributed by atoms with Gasteiger partial charge in [0.1, 0.15) is 17.7 Å². The maximum atomic E-state index is 12.6. The highest BCUT2D eigenvalue weighted by Gasteiger charge is 2.51. The minimum atomic E-state index is -1.32. The molecule has 252 valence electrons. The van der Waals surface area contributed by atoms with Gasteiger partial charge in [0.25, 0.3) is 0 Å². The van der Waals surface area contributed by atoms with Gasteiger partial charge in [0.05, 0.1) is 18.3 Å². The molecule has 3 aliphatic heterocycles. The molecule has 8 N–H and O–H groups in total. The van der Waals surface area contributed by atoms with Crippen molar-refractivity contribution in [3.63, 3.8) is 0 Å². The van der Waals surface area contributed by atoms with E-state index >= 15 is 0 Å². The molecule has 0 bridgehead atoms. The number of nitrogens with two attached hydrogens (primary N) is 2. The Hall–Kier alpha value is -1.94. The van der Waals surface area contributed by atoms with Crippen LogP contribution in [-0.2, 0) is 28.4 Å². The van der Waals surface area contributed by atoms with E-state index in [1.165, 1.54) is 12.0 Å². The standard InChI is InChI=1S/C20H37BN2O6.C8H17BN2O4/c1-18(2,3)27-17(25)23-12-14(22)13(15(23)16(24)26-8)10-9-11-21-28-19(4,5)20(6,7)29-21;10-6-4-11-7(8(12)13)5(6)2-1-3-9(14)15/h13-15H,9-12,22H2,1-8H3;5-7,11,14-15H,1-4,10H2,(H,12,13)/t13?,14?,15-;5?,6?,7-/m00/s1. The normalized spacial score (nSPS) is 29.2. The van der Waals surface area contributed by atoms with Crippen LogP contribution in [0.5, 0.6) is 0 Å². The number of likely N-dealkylation sites (tertiary alicyclic amines) is 1. The molecule has 3 heterocycles. The number of aliphatic carboxylic acids is 1. The highest BCUT2D eigenvalue weighted by Crippen LogP contribution is 2.39. The third-order valence-electron chi connectivity index (χ3n) is 8.87. The molecule has 0 saturated carbocycles. The fourth-order valence-corrected chi connectivity index (χ4v) is 5.85. The van der Waals surface area contributed by atoms with Gasteiger partial charge in [0.15, 0.2) is 0 Å². The van der Waals surface area contributed by atoms with Gasteiger partial charge in [0.2, 0.25) is 0 Å². The van der Waals surface area contributed by atoms with E-state index in [2.05, 4.69) is 5.32 Å². The van der Waals surface area contributed by atoms with E-state index < -0.39 is 42.8 Å². The largest absolute Gasteiger partial charge is 0.480 e. The van der Waals surface area contributed by atoms with E-state index in [9.17, 15) is 14.4 Å². The molecule has 16 heteroatoms. The van der Waals surface area contributed by atoms with Crippen molar-refractivity contribution >= 4 is 32.3 Å². The zero-order valence-corrected chi connectivity index (χ0v) is 27.6. The fraction of sp³-hybridized carbons (Fsp3) is 0.893. The predicted molar refractivity (Wildman–Crippen MR) is 165 cm³/mol. The Morgan fingerprint density at radius 2 is 1.59 bits per heavy atom. The number of carbonyl (C=O) groups excluding carboxylic acids is 2. The summed E-state index contributed by atoms with van der Waals surface area (Å²) in [5.41, 5.74) is 10.7. The van der Waals surface area contributed by atoms with E-state index in [-0.39, 0.29) is 55.1 Å². The number of hydrogen-bond donors (Lipinski definition) is 6. The van der Waals surface area contributed by atoms with Gasteiger partial charge in [0, 0.05) is 37.0 Å². The summed E-state index contributed by atoms with van der Waals surface area (Å²) in [6, 6.07) is -1.84. The van der Waals surface area contributed by atoms with Crippen molar-refractivity contribution in [2.24, 2.45) is 23.3 Å². The minimum Gasteiger partial charge on any atom is -0.480 e. The lowest BCUT2D eigenvalue weighted by Crippen LogP contribution is -2.46. The van der Waals surface area contributed by atoms with Crippen LogP contribution in [-0.4, -0.2) is 113 Å². The number of carboxylic acid groups (broad SMARTS) is 1. The third-order valence-corrected chi connectivity index (χ3v) is 8.87. The number of amides is 1. The summed E-state index contributed by atoms with van der Waals surface area (Å²) in [7, 11) is -0.295. The first-order valence-electron chi connectivity index (χ1n) is 15.5. The Balaban J connectivity index is 0.000000378. The molecule has 0 aromatic heterocycles. The topological polar surface area (TPSA) is 216 Å². The molecule has 0 spiro atoms. The molecule has 14 nitrogen and oxygen atoms in total. The van der Waals surface area contributed by atoms with Crippen molar-refractivity contribution in [3.05, 3.63) is 0 Å². The Bertz CT molecular complexity index is 965. The zero-order chi connectivity index (χ0) is 33.6. The molecule has 0 aromatic carbocycles. The molecule has 4 unspecified atom stereocenters. The van der Waals surface area contributed by atoms with Gasteiger partial charge in [-0.15, -0.1) is 0 Å². The molecule has 3 rings (SSSR count). The molecule has 3 aliphatic rings. The third kappa shape index (κ3) is 10.3. The first kappa shape index (κ1) is 38.2. The van der Waals surface area contributed by atoms with E-state index in [1.54, 1.807) is 20.8 Å². The first-order valence-corrected chi connectivity index (χ1v) is 15.5. The van der Waals surface area contributed by atoms with Gasteiger partial charge < -0.3 is 50.7 Å². The van der Waals surface area contributed by atoms with Crippen LogP contribution in [0, 0.1) is 11.8 Å². The average Bonchev–Trinajstić information content (AvgIpc) is 3.48. The number of hydrogen-bond acceptors (Lipinski definition) is 12. The van der Waals surface area contributed by atoms with E-state index in [1.807, 2.05) is 27.7 Å². The van der Waals surface area contributed by atoms with Crippen molar-refractivity contribution in [1.29, 1.82) is 0 Å². The number of nitrogens with zero attached hydrogens (tertiary/aromatic N) is 1. The summed E-state index contributed by atoms with van der Waals surface area (Å²) in [4.78, 5) is 37.3. The molecule has 0 radical (unpaired) electrons. The van der Waals surface area contributed by atoms with Crippen LogP contribution >= 0.6 is 0 Å². The lowest BCUT2D eigenvalue weighted by Gasteiger charge is -2.32. The summed E-state index contributed by atoms with van der Waals surface area (Å²) >= 11 is 0. The average molecular weight is 628 g/mol. The van der Waals surface area contributed by atoms with Crippen molar-refractivity contribution < 1.29 is 48.3 Å². The maximum Gasteiger partial charge on any atom is 0.457 e. The smallest absolute Gasteiger partial charge is 0.457 e. The second-order valence-corrected chi connectivity index (χ2v) is 14.0. The number of carbonyl (C=O) groups is 3. The van der Waals surface area contributed by atoms with Gasteiger partial charge in [-0.05, 0) is 73.9 Å². The maximum absolute atomic E-state index is 12.6. The van der Waals surface area contributed by atoms with Crippen LogP contribution in [0.1, 0.15) is 74.1 Å². The van der Waals surface area contributed by atoms with Gasteiger partial charge in [-0.3, -0.25) is 9.69 Å². The number of esters is 1. The molecular formula is C28H54B2N4O10. The molecule has 0 aromatic rings. The summed E-state index contributed by atoms with van der Waals surface area (Å²) in [6.45, 7) is 14.2. The lowest BCUT2D eigenvalue weighted by molar-refractivity contribution is -0.147. The predicted octanol–water partition coefficient (Wildman–Crippen LogP) is 0.834. The van der Waals surface area contributed by atoms with Crippen LogP contribution in [0.3, 0.4) is 0 Å². The number of carboxylic acids is 1. The Morgan fingerprint density at radius 3 is 2.09 bits per heavy atom. The van der Waals surface area contributed by atoms with Gasteiger partial charge >= 0.3 is 32.3 Å². The minimum absolute atomic E-state index is 0.124. The summed E-state index contributed by atoms with van der Waals surface area (Å²) in [5.74, 6) is -1.69. The van der Waals surface area contributed by atoms with Crippen molar-refractivity contribution in [2.75, 3.05) is 20.2 Å². The number of rotatable bonds is 10. The van der Waals surface area contributed by atoms with Crippen LogP contribution < -0.4 is 16.8 Å². The van der Waals surface area contributed by atoms with Crippen LogP contribution in [0.2, 0.25) is 12.6 Å².